The minimum Gasteiger partial charge on any atom is -0.396 e. The van der Waals surface area contributed by atoms with Gasteiger partial charge in [-0.3, -0.25) is 0 Å². The van der Waals surface area contributed by atoms with Crippen LogP contribution in [0.1, 0.15) is 25.7 Å². The zero-order valence-electron chi connectivity index (χ0n) is 9.97. The molecular weight excluding hydrogens is 216 g/mol. The summed E-state index contributed by atoms with van der Waals surface area (Å²) in [5.74, 6) is 6.99. The molecule has 1 aliphatic rings. The summed E-state index contributed by atoms with van der Waals surface area (Å²) in [6.07, 6.45) is 4.49. The van der Waals surface area contributed by atoms with Gasteiger partial charge in [0.25, 0.3) is 0 Å². The number of nitrogens with two attached hydrogens (primary N) is 1. The number of hydrogen-bond acceptors (Lipinski definition) is 5. The van der Waals surface area contributed by atoms with Gasteiger partial charge in [0.2, 0.25) is 0 Å². The number of hydrogen-bond donors (Lipinski definition) is 3. The van der Waals surface area contributed by atoms with Gasteiger partial charge in [0.1, 0.15) is 11.6 Å². The van der Waals surface area contributed by atoms with E-state index in [2.05, 4.69) is 15.3 Å². The SMILES string of the molecule is NNc1cccc(N(CCCO)C2CCC2)n1. The van der Waals surface area contributed by atoms with Crippen LogP contribution >= 0.6 is 0 Å². The first-order valence-corrected chi connectivity index (χ1v) is 6.16. The molecule has 5 nitrogen and oxygen atoms in total. The molecule has 0 radical (unpaired) electrons. The van der Waals surface area contributed by atoms with E-state index in [1.165, 1.54) is 19.3 Å². The van der Waals surface area contributed by atoms with E-state index in [4.69, 9.17) is 10.9 Å². The number of nitrogen functional groups attached to an aromatic ring is 1. The number of aromatic nitrogens is 1. The monoisotopic (exact) mass is 236 g/mol. The first-order valence-electron chi connectivity index (χ1n) is 6.16. The highest BCUT2D eigenvalue weighted by molar-refractivity contribution is 5.47. The first-order chi connectivity index (χ1) is 8.35. The summed E-state index contributed by atoms with van der Waals surface area (Å²) in [5.41, 5.74) is 2.57. The Kier molecular flexibility index (Phi) is 4.17. The molecular formula is C12H20N4O. The lowest BCUT2D eigenvalue weighted by molar-refractivity contribution is 0.282. The molecule has 0 unspecified atom stereocenters. The van der Waals surface area contributed by atoms with E-state index in [0.29, 0.717) is 11.9 Å². The predicted octanol–water partition coefficient (Wildman–Crippen LogP) is 1.11. The Hall–Kier alpha value is -1.33. The van der Waals surface area contributed by atoms with Crippen LogP contribution in [0, 0.1) is 0 Å². The summed E-state index contributed by atoms with van der Waals surface area (Å²) < 4.78 is 0. The van der Waals surface area contributed by atoms with E-state index in [1.807, 2.05) is 18.2 Å². The molecule has 0 spiro atoms. The quantitative estimate of drug-likeness (QED) is 0.509. The lowest BCUT2D eigenvalue weighted by Gasteiger charge is -2.38. The highest BCUT2D eigenvalue weighted by Crippen LogP contribution is 2.29. The molecule has 1 fully saturated rings. The van der Waals surface area contributed by atoms with Crippen molar-refractivity contribution in [2.24, 2.45) is 5.84 Å². The molecule has 1 heterocycles. The van der Waals surface area contributed by atoms with Gasteiger partial charge in [-0.2, -0.15) is 0 Å². The van der Waals surface area contributed by atoms with Crippen LogP contribution in [0.5, 0.6) is 0 Å². The highest BCUT2D eigenvalue weighted by atomic mass is 16.3. The fraction of sp³-hybridized carbons (Fsp3) is 0.583. The normalized spacial score (nSPS) is 15.4. The van der Waals surface area contributed by atoms with Crippen LogP contribution in [0.2, 0.25) is 0 Å². The summed E-state index contributed by atoms with van der Waals surface area (Å²) in [4.78, 5) is 6.73. The molecule has 17 heavy (non-hydrogen) atoms. The largest absolute Gasteiger partial charge is 0.396 e. The molecule has 94 valence electrons. The van der Waals surface area contributed by atoms with Gasteiger partial charge in [-0.15, -0.1) is 0 Å². The molecule has 1 aromatic rings. The van der Waals surface area contributed by atoms with Crippen molar-refractivity contribution in [2.45, 2.75) is 31.7 Å². The predicted molar refractivity (Wildman–Crippen MR) is 68.7 cm³/mol. The second-order valence-corrected chi connectivity index (χ2v) is 4.38. The first kappa shape index (κ1) is 12.1. The van der Waals surface area contributed by atoms with Crippen LogP contribution in [0.15, 0.2) is 18.2 Å². The summed E-state index contributed by atoms with van der Waals surface area (Å²) in [5, 5.41) is 8.96. The number of anilines is 2. The third-order valence-electron chi connectivity index (χ3n) is 3.25. The summed E-state index contributed by atoms with van der Waals surface area (Å²) in [6, 6.07) is 6.36. The number of hydrazine groups is 1. The van der Waals surface area contributed by atoms with Crippen molar-refractivity contribution < 1.29 is 5.11 Å². The Labute approximate surface area is 102 Å². The molecule has 5 heteroatoms. The third-order valence-corrected chi connectivity index (χ3v) is 3.25. The molecule has 0 atom stereocenters. The van der Waals surface area contributed by atoms with Gasteiger partial charge in [0.15, 0.2) is 0 Å². The van der Waals surface area contributed by atoms with E-state index < -0.39 is 0 Å². The Balaban J connectivity index is 2.11. The van der Waals surface area contributed by atoms with Crippen molar-refractivity contribution in [2.75, 3.05) is 23.5 Å². The van der Waals surface area contributed by atoms with E-state index in [-0.39, 0.29) is 6.61 Å². The van der Waals surface area contributed by atoms with Crippen molar-refractivity contribution >= 4 is 11.6 Å². The molecule has 4 N–H and O–H groups in total. The lowest BCUT2D eigenvalue weighted by atomic mass is 9.91. The van der Waals surface area contributed by atoms with Crippen LogP contribution in [0.4, 0.5) is 11.6 Å². The van der Waals surface area contributed by atoms with Gasteiger partial charge in [0.05, 0.1) is 0 Å². The van der Waals surface area contributed by atoms with Crippen LogP contribution in [0.25, 0.3) is 0 Å². The van der Waals surface area contributed by atoms with Crippen LogP contribution in [0.3, 0.4) is 0 Å². The summed E-state index contributed by atoms with van der Waals surface area (Å²) >= 11 is 0. The van der Waals surface area contributed by atoms with Crippen molar-refractivity contribution in [1.29, 1.82) is 0 Å². The van der Waals surface area contributed by atoms with Gasteiger partial charge < -0.3 is 15.4 Å². The zero-order valence-corrected chi connectivity index (χ0v) is 9.97. The summed E-state index contributed by atoms with van der Waals surface area (Å²) in [7, 11) is 0. The minimum absolute atomic E-state index is 0.220. The maximum Gasteiger partial charge on any atom is 0.142 e. The molecule has 0 bridgehead atoms. The van der Waals surface area contributed by atoms with Gasteiger partial charge in [-0.05, 0) is 37.8 Å². The van der Waals surface area contributed by atoms with E-state index >= 15 is 0 Å². The maximum atomic E-state index is 8.96. The van der Waals surface area contributed by atoms with Gasteiger partial charge in [-0.25, -0.2) is 10.8 Å². The molecule has 0 aliphatic heterocycles. The van der Waals surface area contributed by atoms with Crippen LogP contribution in [-0.4, -0.2) is 29.3 Å². The molecule has 1 aromatic heterocycles. The highest BCUT2D eigenvalue weighted by Gasteiger charge is 2.25. The standard InChI is InChI=1S/C12H20N4O/c13-15-11-6-2-7-12(14-11)16(8-3-9-17)10-4-1-5-10/h2,6-7,10,17H,1,3-5,8-9,13H2,(H,14,15). The molecule has 1 aliphatic carbocycles. The van der Waals surface area contributed by atoms with Crippen molar-refractivity contribution in [3.05, 3.63) is 18.2 Å². The number of pyridine rings is 1. The number of aliphatic hydroxyl groups excluding tert-OH is 1. The fourth-order valence-electron chi connectivity index (χ4n) is 2.09. The van der Waals surface area contributed by atoms with Crippen molar-refractivity contribution in [3.8, 4) is 0 Å². The van der Waals surface area contributed by atoms with Gasteiger partial charge >= 0.3 is 0 Å². The van der Waals surface area contributed by atoms with Gasteiger partial charge in [-0.1, -0.05) is 6.07 Å². The van der Waals surface area contributed by atoms with Crippen LogP contribution in [-0.2, 0) is 0 Å². The number of nitrogens with one attached hydrogen (secondary N) is 1. The average molecular weight is 236 g/mol. The van der Waals surface area contributed by atoms with E-state index in [0.717, 1.165) is 18.8 Å². The molecule has 0 aromatic carbocycles. The smallest absolute Gasteiger partial charge is 0.142 e. The van der Waals surface area contributed by atoms with E-state index in [9.17, 15) is 0 Å². The summed E-state index contributed by atoms with van der Waals surface area (Å²) in [6.45, 7) is 1.07. The zero-order chi connectivity index (χ0) is 12.1. The second-order valence-electron chi connectivity index (χ2n) is 4.38. The minimum atomic E-state index is 0.220. The van der Waals surface area contributed by atoms with Gasteiger partial charge in [0, 0.05) is 19.2 Å². The van der Waals surface area contributed by atoms with Crippen LogP contribution < -0.4 is 16.2 Å². The van der Waals surface area contributed by atoms with Crippen molar-refractivity contribution in [1.82, 2.24) is 4.98 Å². The Morgan fingerprint density at radius 3 is 2.88 bits per heavy atom. The fourth-order valence-corrected chi connectivity index (χ4v) is 2.09. The topological polar surface area (TPSA) is 74.4 Å². The van der Waals surface area contributed by atoms with Crippen molar-refractivity contribution in [3.63, 3.8) is 0 Å². The number of rotatable bonds is 6. The average Bonchev–Trinajstić information content (AvgIpc) is 2.32. The Bertz CT molecular complexity index is 354. The molecule has 1 saturated carbocycles. The second kappa shape index (κ2) is 5.84. The molecule has 0 amide bonds. The number of nitrogens with zero attached hydrogens (tertiary/aromatic N) is 2. The third kappa shape index (κ3) is 2.87. The Morgan fingerprint density at radius 1 is 1.47 bits per heavy atom. The molecule has 2 rings (SSSR count). The molecule has 0 saturated heterocycles. The maximum absolute atomic E-state index is 8.96. The number of aliphatic hydroxyl groups is 1. The Morgan fingerprint density at radius 2 is 2.29 bits per heavy atom. The lowest BCUT2D eigenvalue weighted by Crippen LogP contribution is -2.41. The van der Waals surface area contributed by atoms with E-state index in [1.54, 1.807) is 0 Å².